The zero-order chi connectivity index (χ0) is 46.7. The molecule has 0 aliphatic rings. The van der Waals surface area contributed by atoms with Crippen molar-refractivity contribution in [3.05, 3.63) is 24.3 Å². The number of phosphoric acid groups is 1. The SMILES string of the molecule is CCCCCCCCCC/C=C\CCCCCCCCCCCCCC(=O)OC(COC(=O)CCCCCCCCCCC/C=C\CCCCCCCCCC)COP(=O)(O)OCC. The molecule has 2 atom stereocenters. The van der Waals surface area contributed by atoms with Gasteiger partial charge >= 0.3 is 19.8 Å². The van der Waals surface area contributed by atoms with Gasteiger partial charge in [0.05, 0.1) is 13.2 Å². The summed E-state index contributed by atoms with van der Waals surface area (Å²) in [5.41, 5.74) is 0. The number of unbranched alkanes of at least 4 members (excludes halogenated alkanes) is 36. The largest absolute Gasteiger partial charge is 0.472 e. The van der Waals surface area contributed by atoms with Gasteiger partial charge in [0.15, 0.2) is 6.10 Å². The van der Waals surface area contributed by atoms with Crippen molar-refractivity contribution in [2.24, 2.45) is 0 Å². The van der Waals surface area contributed by atoms with Crippen LogP contribution in [0, 0.1) is 0 Å². The number of allylic oxidation sites excluding steroid dienone is 4. The fraction of sp³-hybridized carbons (Fsp3) is 0.891. The molecule has 0 aliphatic carbocycles. The highest BCUT2D eigenvalue weighted by Crippen LogP contribution is 2.43. The number of esters is 2. The molecule has 0 aromatic rings. The second-order valence-corrected chi connectivity index (χ2v) is 20.0. The van der Waals surface area contributed by atoms with Gasteiger partial charge in [0.1, 0.15) is 6.61 Å². The van der Waals surface area contributed by atoms with Crippen LogP contribution >= 0.6 is 7.82 Å². The monoisotopic (exact) mass is 925 g/mol. The summed E-state index contributed by atoms with van der Waals surface area (Å²) in [7, 11) is -4.29. The van der Waals surface area contributed by atoms with Gasteiger partial charge in [-0.1, -0.05) is 231 Å². The topological polar surface area (TPSA) is 108 Å². The average molecular weight is 925 g/mol. The Bertz CT molecular complexity index is 1090. The molecule has 64 heavy (non-hydrogen) atoms. The van der Waals surface area contributed by atoms with Crippen molar-refractivity contribution in [3.63, 3.8) is 0 Å². The molecule has 0 rings (SSSR count). The van der Waals surface area contributed by atoms with E-state index in [0.29, 0.717) is 12.8 Å². The maximum absolute atomic E-state index is 12.7. The third kappa shape index (κ3) is 50.0. The van der Waals surface area contributed by atoms with Crippen LogP contribution in [0.25, 0.3) is 0 Å². The van der Waals surface area contributed by atoms with Gasteiger partial charge in [-0.15, -0.1) is 0 Å². The number of hydrogen-bond donors (Lipinski definition) is 1. The van der Waals surface area contributed by atoms with E-state index in [4.69, 9.17) is 18.5 Å². The molecule has 9 heteroatoms. The highest BCUT2D eigenvalue weighted by molar-refractivity contribution is 7.47. The van der Waals surface area contributed by atoms with Crippen molar-refractivity contribution in [3.8, 4) is 0 Å². The zero-order valence-electron chi connectivity index (χ0n) is 42.5. The van der Waals surface area contributed by atoms with Gasteiger partial charge < -0.3 is 14.4 Å². The number of phosphoric ester groups is 1. The first-order valence-corrected chi connectivity index (χ1v) is 29.1. The second kappa shape index (κ2) is 50.9. The number of carbonyl (C=O) groups is 2. The van der Waals surface area contributed by atoms with Crippen molar-refractivity contribution < 1.29 is 37.6 Å². The molecule has 0 heterocycles. The van der Waals surface area contributed by atoms with E-state index in [1.165, 1.54) is 218 Å². The fourth-order valence-electron chi connectivity index (χ4n) is 8.15. The second-order valence-electron chi connectivity index (χ2n) is 18.6. The molecule has 8 nitrogen and oxygen atoms in total. The molecule has 0 aromatic heterocycles. The summed E-state index contributed by atoms with van der Waals surface area (Å²) in [5.74, 6) is -0.786. The van der Waals surface area contributed by atoms with Crippen molar-refractivity contribution >= 4 is 19.8 Å². The van der Waals surface area contributed by atoms with E-state index in [1.807, 2.05) is 0 Å². The van der Waals surface area contributed by atoms with Crippen molar-refractivity contribution in [2.75, 3.05) is 19.8 Å². The third-order valence-electron chi connectivity index (χ3n) is 12.2. The van der Waals surface area contributed by atoms with Crippen LogP contribution in [0.15, 0.2) is 24.3 Å². The maximum Gasteiger partial charge on any atom is 0.472 e. The summed E-state index contributed by atoms with van der Waals surface area (Å²) in [6.07, 6.45) is 59.6. The molecular formula is C55H105O8P. The van der Waals surface area contributed by atoms with Crippen LogP contribution in [-0.4, -0.2) is 42.8 Å². The molecule has 0 aliphatic heterocycles. The Morgan fingerprint density at radius 3 is 1.03 bits per heavy atom. The summed E-state index contributed by atoms with van der Waals surface area (Å²) in [6, 6.07) is 0. The molecule has 2 unspecified atom stereocenters. The molecule has 0 fully saturated rings. The van der Waals surface area contributed by atoms with Crippen LogP contribution in [0.4, 0.5) is 0 Å². The smallest absolute Gasteiger partial charge is 0.462 e. The summed E-state index contributed by atoms with van der Waals surface area (Å²) >= 11 is 0. The van der Waals surface area contributed by atoms with Gasteiger partial charge in [-0.2, -0.15) is 0 Å². The standard InChI is InChI=1S/C55H105O8P/c1-4-7-9-11-13-15-17-19-21-23-25-27-28-30-32-34-36-38-40-42-44-46-48-50-55(57)63-53(52-62-64(58,59)61-6-3)51-60-54(56)49-47-45-43-41-39-37-35-33-31-29-26-24-22-20-18-16-14-12-10-8-5-2/h23-26,53H,4-22,27-52H2,1-3H3,(H,58,59)/b25-23-,26-24-. The Kier molecular flexibility index (Phi) is 49.8. The van der Waals surface area contributed by atoms with E-state index in [1.54, 1.807) is 6.92 Å². The van der Waals surface area contributed by atoms with Crippen LogP contribution < -0.4 is 0 Å². The molecule has 0 saturated heterocycles. The van der Waals surface area contributed by atoms with Crippen molar-refractivity contribution in [1.82, 2.24) is 0 Å². The minimum absolute atomic E-state index is 0.00207. The number of rotatable bonds is 52. The molecule has 0 radical (unpaired) electrons. The van der Waals surface area contributed by atoms with Crippen LogP contribution in [0.1, 0.15) is 290 Å². The summed E-state index contributed by atoms with van der Waals surface area (Å²) in [5, 5.41) is 0. The third-order valence-corrected chi connectivity index (χ3v) is 13.3. The van der Waals surface area contributed by atoms with Gasteiger partial charge in [-0.3, -0.25) is 18.6 Å². The quantitative estimate of drug-likeness (QED) is 0.0278. The summed E-state index contributed by atoms with van der Waals surface area (Å²) < 4.78 is 32.9. The van der Waals surface area contributed by atoms with E-state index in [2.05, 4.69) is 38.2 Å². The first-order chi connectivity index (χ1) is 31.3. The van der Waals surface area contributed by atoms with Gasteiger partial charge in [-0.25, -0.2) is 4.57 Å². The Balaban J connectivity index is 3.92. The molecule has 0 bridgehead atoms. The molecule has 0 aromatic carbocycles. The molecule has 0 amide bonds. The molecule has 378 valence electrons. The molecule has 0 spiro atoms. The predicted octanol–water partition coefficient (Wildman–Crippen LogP) is 18.1. The van der Waals surface area contributed by atoms with Gasteiger partial charge in [0.25, 0.3) is 0 Å². The molecule has 0 saturated carbocycles. The first kappa shape index (κ1) is 62.5. The highest BCUT2D eigenvalue weighted by atomic mass is 31.2. The van der Waals surface area contributed by atoms with E-state index in [-0.39, 0.29) is 32.2 Å². The lowest BCUT2D eigenvalue weighted by Gasteiger charge is -2.19. The highest BCUT2D eigenvalue weighted by Gasteiger charge is 2.25. The zero-order valence-corrected chi connectivity index (χ0v) is 43.4. The molecular weight excluding hydrogens is 820 g/mol. The van der Waals surface area contributed by atoms with Crippen LogP contribution in [0.2, 0.25) is 0 Å². The van der Waals surface area contributed by atoms with E-state index >= 15 is 0 Å². The lowest BCUT2D eigenvalue weighted by molar-refractivity contribution is -0.161. The lowest BCUT2D eigenvalue weighted by atomic mass is 10.0. The Morgan fingerprint density at radius 1 is 0.406 bits per heavy atom. The summed E-state index contributed by atoms with van der Waals surface area (Å²) in [4.78, 5) is 35.0. The van der Waals surface area contributed by atoms with Crippen molar-refractivity contribution in [2.45, 2.75) is 297 Å². The normalized spacial score (nSPS) is 13.2. The number of carbonyl (C=O) groups excluding carboxylic acids is 2. The maximum atomic E-state index is 12.7. The van der Waals surface area contributed by atoms with Gasteiger partial charge in [0.2, 0.25) is 0 Å². The van der Waals surface area contributed by atoms with Crippen LogP contribution in [0.3, 0.4) is 0 Å². The Hall–Kier alpha value is -1.47. The lowest BCUT2D eigenvalue weighted by Crippen LogP contribution is -2.29. The minimum atomic E-state index is -4.29. The van der Waals surface area contributed by atoms with E-state index in [9.17, 15) is 19.0 Å². The number of hydrogen-bond acceptors (Lipinski definition) is 7. The van der Waals surface area contributed by atoms with Crippen molar-refractivity contribution in [1.29, 1.82) is 0 Å². The van der Waals surface area contributed by atoms with E-state index < -0.39 is 19.9 Å². The first-order valence-electron chi connectivity index (χ1n) is 27.6. The van der Waals surface area contributed by atoms with Crippen LogP contribution in [-0.2, 0) is 32.7 Å². The predicted molar refractivity (Wildman–Crippen MR) is 272 cm³/mol. The number of ether oxygens (including phenoxy) is 2. The Morgan fingerprint density at radius 2 is 0.703 bits per heavy atom. The van der Waals surface area contributed by atoms with Gasteiger partial charge in [0, 0.05) is 12.8 Å². The van der Waals surface area contributed by atoms with Gasteiger partial charge in [-0.05, 0) is 71.1 Å². The summed E-state index contributed by atoms with van der Waals surface area (Å²) in [6.45, 7) is 5.53. The Labute approximate surface area is 396 Å². The van der Waals surface area contributed by atoms with Crippen LogP contribution in [0.5, 0.6) is 0 Å². The fourth-order valence-corrected chi connectivity index (χ4v) is 8.91. The minimum Gasteiger partial charge on any atom is -0.462 e. The molecule has 1 N–H and O–H groups in total. The van der Waals surface area contributed by atoms with E-state index in [0.717, 1.165) is 32.1 Å². The average Bonchev–Trinajstić information content (AvgIpc) is 3.28.